The molecule has 4 aromatic carbocycles. The number of halogens is 5. The average Bonchev–Trinajstić information content (AvgIpc) is 3.19. The molecule has 0 heterocycles. The fourth-order valence-electron chi connectivity index (χ4n) is 8.60. The molecule has 0 N–H and O–H groups in total. The summed E-state index contributed by atoms with van der Waals surface area (Å²) in [7, 11) is -9.05. The highest BCUT2D eigenvalue weighted by atomic mass is 32.3. The van der Waals surface area contributed by atoms with Crippen molar-refractivity contribution in [2.45, 2.75) is 134 Å². The van der Waals surface area contributed by atoms with Gasteiger partial charge in [-0.25, -0.2) is 25.6 Å². The van der Waals surface area contributed by atoms with Crippen LogP contribution in [0, 0.1) is 29.1 Å². The number of rotatable bonds is 9. The van der Waals surface area contributed by atoms with Crippen LogP contribution in [0.15, 0.2) is 92.4 Å². The van der Waals surface area contributed by atoms with Crippen molar-refractivity contribution in [3.63, 3.8) is 0 Å². The molecular weight excluding hydrogens is 712 g/mol. The summed E-state index contributed by atoms with van der Waals surface area (Å²) < 4.78 is 108. The molecule has 3 aliphatic carbocycles. The number of hydrogen-bond donors (Lipinski definition) is 0. The van der Waals surface area contributed by atoms with Crippen molar-refractivity contribution < 1.29 is 34.0 Å². The average molecular weight is 757 g/mol. The molecule has 4 aromatic rings. The first-order chi connectivity index (χ1) is 25.1. The second-order valence-corrected chi connectivity index (χ2v) is 19.1. The van der Waals surface area contributed by atoms with Crippen LogP contribution in [-0.2, 0) is 13.7 Å². The van der Waals surface area contributed by atoms with Crippen molar-refractivity contribution in [2.24, 2.45) is 0 Å². The van der Waals surface area contributed by atoms with Crippen molar-refractivity contribution >= 4 is 20.4 Å². The van der Waals surface area contributed by atoms with Gasteiger partial charge < -0.3 is 0 Å². The van der Waals surface area contributed by atoms with E-state index < -0.39 is 54.4 Å². The van der Waals surface area contributed by atoms with Crippen LogP contribution in [0.5, 0.6) is 0 Å². The fraction of sp³-hybridized carbons (Fsp3) is 0.429. The predicted molar refractivity (Wildman–Crippen MR) is 194 cm³/mol. The van der Waals surface area contributed by atoms with Gasteiger partial charge in [0, 0.05) is 14.7 Å². The second-order valence-electron chi connectivity index (χ2n) is 14.7. The topological polar surface area (TPSA) is 43.4 Å². The maximum Gasteiger partial charge on any atom is 0.313 e. The van der Waals surface area contributed by atoms with Crippen LogP contribution < -0.4 is 0 Å². The molecule has 0 spiro atoms. The van der Waals surface area contributed by atoms with Gasteiger partial charge in [0.2, 0.25) is 5.82 Å². The van der Waals surface area contributed by atoms with Crippen LogP contribution in [0.3, 0.4) is 0 Å². The van der Waals surface area contributed by atoms with Gasteiger partial charge in [-0.05, 0) is 120 Å². The Bertz CT molecular complexity index is 1790. The van der Waals surface area contributed by atoms with Crippen molar-refractivity contribution in [1.29, 1.82) is 0 Å². The first kappa shape index (κ1) is 37.1. The lowest BCUT2D eigenvalue weighted by atomic mass is 9.84. The Kier molecular flexibility index (Phi) is 11.2. The van der Waals surface area contributed by atoms with E-state index in [4.69, 9.17) is 3.63 Å². The Labute approximate surface area is 305 Å². The molecule has 10 heteroatoms. The molecule has 0 unspecified atom stereocenters. The number of hydrogen-bond acceptors (Lipinski definition) is 3. The van der Waals surface area contributed by atoms with Crippen LogP contribution in [0.1, 0.15) is 131 Å². The summed E-state index contributed by atoms with van der Waals surface area (Å²) in [5.74, 6) is -11.0. The lowest BCUT2D eigenvalue weighted by molar-refractivity contribution is 0.354. The molecule has 0 aromatic heterocycles. The van der Waals surface area contributed by atoms with E-state index >= 15 is 8.78 Å². The summed E-state index contributed by atoms with van der Waals surface area (Å²) in [6, 6.07) is 22.5. The molecular formula is C42H45F5O3S2. The van der Waals surface area contributed by atoms with Crippen LogP contribution in [0.4, 0.5) is 22.0 Å². The minimum Gasteiger partial charge on any atom is -0.203 e. The Morgan fingerprint density at radius 1 is 0.404 bits per heavy atom. The lowest BCUT2D eigenvalue weighted by Crippen LogP contribution is -2.19. The van der Waals surface area contributed by atoms with E-state index in [1.807, 2.05) is 36.4 Å². The van der Waals surface area contributed by atoms with Gasteiger partial charge >= 0.3 is 10.1 Å². The minimum atomic E-state index is -5.64. The Balaban J connectivity index is 1.42. The molecule has 52 heavy (non-hydrogen) atoms. The van der Waals surface area contributed by atoms with E-state index in [9.17, 15) is 21.6 Å². The number of benzene rings is 4. The third kappa shape index (κ3) is 7.19. The largest absolute Gasteiger partial charge is 0.313 e. The van der Waals surface area contributed by atoms with Gasteiger partial charge in [0.1, 0.15) is 0 Å². The van der Waals surface area contributed by atoms with Crippen LogP contribution in [0.25, 0.3) is 0 Å². The summed E-state index contributed by atoms with van der Waals surface area (Å²) in [6.45, 7) is 0. The summed E-state index contributed by atoms with van der Waals surface area (Å²) in [6.07, 6.45) is 16.5. The molecule has 0 atom stereocenters. The van der Waals surface area contributed by atoms with E-state index in [1.165, 1.54) is 19.3 Å². The lowest BCUT2D eigenvalue weighted by Gasteiger charge is -2.40. The van der Waals surface area contributed by atoms with Crippen molar-refractivity contribution in [1.82, 2.24) is 0 Å². The predicted octanol–water partition coefficient (Wildman–Crippen LogP) is 13.1. The van der Waals surface area contributed by atoms with Gasteiger partial charge in [-0.15, -0.1) is 0 Å². The molecule has 0 bridgehead atoms. The van der Waals surface area contributed by atoms with Crippen LogP contribution in [0.2, 0.25) is 0 Å². The van der Waals surface area contributed by atoms with Gasteiger partial charge in [-0.1, -0.05) is 94.2 Å². The summed E-state index contributed by atoms with van der Waals surface area (Å²) in [5.41, 5.74) is 3.29. The zero-order valence-corrected chi connectivity index (χ0v) is 30.8. The van der Waals surface area contributed by atoms with Gasteiger partial charge in [0.15, 0.2) is 28.2 Å². The summed E-state index contributed by atoms with van der Waals surface area (Å²) in [4.78, 5) is -0.724. The quantitative estimate of drug-likeness (QED) is 0.0970. The highest BCUT2D eigenvalue weighted by molar-refractivity contribution is 8.33. The molecule has 0 radical (unpaired) electrons. The van der Waals surface area contributed by atoms with E-state index in [2.05, 4.69) is 0 Å². The van der Waals surface area contributed by atoms with Crippen molar-refractivity contribution in [2.75, 3.05) is 0 Å². The summed E-state index contributed by atoms with van der Waals surface area (Å²) >= 11 is 0. The molecule has 0 aliphatic heterocycles. The van der Waals surface area contributed by atoms with Crippen molar-refractivity contribution in [3.8, 4) is 0 Å². The molecule has 3 fully saturated rings. The molecule has 3 saturated carbocycles. The van der Waals surface area contributed by atoms with Gasteiger partial charge in [0.25, 0.3) is 0 Å². The molecule has 278 valence electrons. The zero-order chi connectivity index (χ0) is 36.5. The van der Waals surface area contributed by atoms with E-state index in [0.29, 0.717) is 32.4 Å². The summed E-state index contributed by atoms with van der Waals surface area (Å²) in [5, 5.41) is 0. The molecule has 3 aliphatic rings. The third-order valence-corrected chi connectivity index (χ3v) is 16.7. The highest BCUT2D eigenvalue weighted by Gasteiger charge is 2.43. The first-order valence-electron chi connectivity index (χ1n) is 18.7. The van der Waals surface area contributed by atoms with Crippen molar-refractivity contribution in [3.05, 3.63) is 119 Å². The Morgan fingerprint density at radius 3 is 0.962 bits per heavy atom. The zero-order valence-electron chi connectivity index (χ0n) is 29.2. The van der Waals surface area contributed by atoms with Crippen LogP contribution in [-0.4, -0.2) is 8.42 Å². The smallest absolute Gasteiger partial charge is 0.203 e. The Hall–Kier alpha value is -3.21. The maximum atomic E-state index is 15.3. The molecule has 0 amide bonds. The SMILES string of the molecule is O=S(=O)(OS(c1ccc(C2CCCCC2)cc1)(c1ccc(C2CCCCC2)cc1)c1ccc(C2CCCCC2)cc1)c1c(F)c(F)c(F)c(F)c1F. The Morgan fingerprint density at radius 2 is 0.673 bits per heavy atom. The standard InChI is InChI=1S/C42H45F5O3S2/c43-37-38(44)40(46)42(41(47)39(37)45)52(48,49)50-51(34-22-16-31(17-23-34)28-10-4-1-5-11-28,35-24-18-32(19-25-35)29-12-6-2-7-13-29)36-26-20-33(21-27-36)30-14-8-3-9-15-30/h16-30H,1-15H2. The van der Waals surface area contributed by atoms with Crippen LogP contribution >= 0.6 is 10.3 Å². The van der Waals surface area contributed by atoms with Gasteiger partial charge in [-0.2, -0.15) is 8.42 Å². The van der Waals surface area contributed by atoms with E-state index in [1.54, 1.807) is 36.4 Å². The fourth-order valence-corrected chi connectivity index (χ4v) is 13.9. The monoisotopic (exact) mass is 756 g/mol. The second kappa shape index (κ2) is 15.6. The molecule has 0 saturated heterocycles. The normalized spacial score (nSPS) is 18.8. The molecule has 3 nitrogen and oxygen atoms in total. The van der Waals surface area contributed by atoms with Gasteiger partial charge in [-0.3, -0.25) is 0 Å². The first-order valence-corrected chi connectivity index (χ1v) is 21.7. The molecule has 7 rings (SSSR count). The minimum absolute atomic E-state index is 0.342. The maximum absolute atomic E-state index is 15.3. The van der Waals surface area contributed by atoms with E-state index in [-0.39, 0.29) is 0 Å². The van der Waals surface area contributed by atoms with Gasteiger partial charge in [0.05, 0.1) is 0 Å². The highest BCUT2D eigenvalue weighted by Crippen LogP contribution is 2.70. The third-order valence-electron chi connectivity index (χ3n) is 11.5. The van der Waals surface area contributed by atoms with E-state index in [0.717, 1.165) is 93.7 Å².